The molecule has 186 valence electrons. The topological polar surface area (TPSA) is 103 Å². The lowest BCUT2D eigenvalue weighted by Gasteiger charge is -2.48. The van der Waals surface area contributed by atoms with Crippen LogP contribution >= 0.6 is 11.6 Å². The van der Waals surface area contributed by atoms with Crippen LogP contribution in [0, 0.1) is 5.82 Å². The number of carbonyl (C=O) groups excluding carboxylic acids is 2. The molecule has 2 aromatic heterocycles. The van der Waals surface area contributed by atoms with E-state index in [4.69, 9.17) is 16.0 Å². The predicted molar refractivity (Wildman–Crippen MR) is 136 cm³/mol. The first-order valence-electron chi connectivity index (χ1n) is 11.7. The van der Waals surface area contributed by atoms with Crippen molar-refractivity contribution in [3.63, 3.8) is 0 Å². The van der Waals surface area contributed by atoms with Gasteiger partial charge in [-0.1, -0.05) is 26.1 Å². The summed E-state index contributed by atoms with van der Waals surface area (Å²) in [5.41, 5.74) is 0.819. The highest BCUT2D eigenvalue weighted by Crippen LogP contribution is 2.56. The number of aromatic nitrogens is 2. The first-order chi connectivity index (χ1) is 16.3. The highest BCUT2D eigenvalue weighted by molar-refractivity contribution is 6.83. The van der Waals surface area contributed by atoms with E-state index in [9.17, 15) is 14.0 Å². The van der Waals surface area contributed by atoms with E-state index in [1.807, 2.05) is 13.8 Å². The van der Waals surface area contributed by atoms with Gasteiger partial charge in [-0.25, -0.2) is 9.18 Å². The van der Waals surface area contributed by atoms with Crippen LogP contribution in [-0.4, -0.2) is 35.1 Å². The number of hydrogen-bond acceptors (Lipinski definition) is 4. The average Bonchev–Trinajstić information content (AvgIpc) is 3.36. The zero-order valence-corrected chi connectivity index (χ0v) is 22.2. The molecular weight excluding hydrogens is 489 g/mol. The summed E-state index contributed by atoms with van der Waals surface area (Å²) in [5.74, 6) is -0.162. The molecule has 0 spiro atoms. The molecule has 5 rings (SSSR count). The minimum absolute atomic E-state index is 0.0152. The van der Waals surface area contributed by atoms with E-state index in [0.717, 1.165) is 30.5 Å². The number of rotatable bonds is 4. The summed E-state index contributed by atoms with van der Waals surface area (Å²) in [5, 5.41) is 13.5. The van der Waals surface area contributed by atoms with Crippen LogP contribution in [0.4, 0.5) is 20.7 Å². The Hall–Kier alpha value is -2.85. The van der Waals surface area contributed by atoms with Crippen molar-refractivity contribution in [2.75, 3.05) is 10.6 Å². The number of fused-ring (bicyclic) bond motifs is 2. The van der Waals surface area contributed by atoms with Crippen LogP contribution < -0.4 is 10.6 Å². The molecule has 11 heteroatoms. The summed E-state index contributed by atoms with van der Waals surface area (Å²) in [6.07, 6.45) is 2.85. The number of aromatic amines is 1. The molecule has 0 bridgehead atoms. The number of carbonyl (C=O) groups is 2. The number of amides is 3. The zero-order valence-electron chi connectivity index (χ0n) is 20.4. The molecule has 0 unspecified atom stereocenters. The lowest BCUT2D eigenvalue weighted by atomic mass is 9.83. The summed E-state index contributed by atoms with van der Waals surface area (Å²) in [6.45, 7) is 10.6. The zero-order chi connectivity index (χ0) is 25.3. The maximum absolute atomic E-state index is 14.6. The van der Waals surface area contributed by atoms with Gasteiger partial charge in [0.15, 0.2) is 22.4 Å². The summed E-state index contributed by atoms with van der Waals surface area (Å²) >= 11 is 5.94. The van der Waals surface area contributed by atoms with E-state index >= 15 is 0 Å². The Bertz CT molecular complexity index is 1360. The van der Waals surface area contributed by atoms with Crippen LogP contribution in [0.5, 0.6) is 0 Å². The van der Waals surface area contributed by atoms with Gasteiger partial charge in [-0.05, 0) is 50.4 Å². The smallest absolute Gasteiger partial charge is 0.323 e. The standard InChI is InChI=1S/C24H29ClFN5O3Si/c1-23(2)19-14(20(30-29-19)28-21(32)24(9-6-10-24)35(3,4)5)12-31(23)22(33)27-17-15(26)8-7-13-11-16(25)34-18(13)17/h7-8,11H,6,9-10,12H2,1-5H3,(H,27,33)(H2,28,29,30,32). The summed E-state index contributed by atoms with van der Waals surface area (Å²) in [6, 6.07) is 3.85. The Morgan fingerprint density at radius 1 is 1.23 bits per heavy atom. The van der Waals surface area contributed by atoms with Gasteiger partial charge in [-0.2, -0.15) is 5.10 Å². The van der Waals surface area contributed by atoms with Gasteiger partial charge in [-0.15, -0.1) is 0 Å². The molecule has 2 aliphatic rings. The molecule has 8 nitrogen and oxygen atoms in total. The van der Waals surface area contributed by atoms with Gasteiger partial charge in [0.25, 0.3) is 0 Å². The van der Waals surface area contributed by atoms with Crippen LogP contribution in [-0.2, 0) is 16.9 Å². The second-order valence-electron chi connectivity index (χ2n) is 11.0. The molecule has 1 fully saturated rings. The Morgan fingerprint density at radius 2 is 1.94 bits per heavy atom. The summed E-state index contributed by atoms with van der Waals surface area (Å²) in [4.78, 5) is 28.3. The molecular formula is C24H29ClFN5O3Si. The van der Waals surface area contributed by atoms with Crippen molar-refractivity contribution >= 4 is 54.1 Å². The average molecular weight is 518 g/mol. The third-order valence-electron chi connectivity index (χ3n) is 7.86. The number of benzene rings is 1. The van der Waals surface area contributed by atoms with Crippen LogP contribution in [0.2, 0.25) is 29.9 Å². The molecule has 0 atom stereocenters. The van der Waals surface area contributed by atoms with Crippen LogP contribution in [0.15, 0.2) is 22.6 Å². The quantitative estimate of drug-likeness (QED) is 0.347. The lowest BCUT2D eigenvalue weighted by molar-refractivity contribution is -0.121. The Labute approximate surface area is 208 Å². The highest BCUT2D eigenvalue weighted by Gasteiger charge is 2.54. The van der Waals surface area contributed by atoms with Crippen LogP contribution in [0.1, 0.15) is 44.4 Å². The van der Waals surface area contributed by atoms with E-state index in [1.165, 1.54) is 12.1 Å². The van der Waals surface area contributed by atoms with Crippen LogP contribution in [0.25, 0.3) is 11.0 Å². The van der Waals surface area contributed by atoms with E-state index in [0.29, 0.717) is 11.2 Å². The second kappa shape index (κ2) is 7.82. The van der Waals surface area contributed by atoms with Gasteiger partial charge in [0.2, 0.25) is 5.91 Å². The van der Waals surface area contributed by atoms with Crippen molar-refractivity contribution in [3.8, 4) is 0 Å². The maximum atomic E-state index is 14.6. The maximum Gasteiger partial charge on any atom is 0.323 e. The van der Waals surface area contributed by atoms with Crippen molar-refractivity contribution in [1.82, 2.24) is 15.1 Å². The minimum Gasteiger partial charge on any atom is -0.442 e. The third kappa shape index (κ3) is 3.57. The first-order valence-corrected chi connectivity index (χ1v) is 15.6. The predicted octanol–water partition coefficient (Wildman–Crippen LogP) is 6.43. The molecule has 3 aromatic rings. The minimum atomic E-state index is -1.75. The molecule has 3 N–H and O–H groups in total. The van der Waals surface area contributed by atoms with Gasteiger partial charge in [0, 0.05) is 22.1 Å². The highest BCUT2D eigenvalue weighted by atomic mass is 35.5. The number of halogens is 2. The number of urea groups is 1. The van der Waals surface area contributed by atoms with Crippen LogP contribution in [0.3, 0.4) is 0 Å². The normalized spacial score (nSPS) is 18.3. The molecule has 3 amide bonds. The monoisotopic (exact) mass is 517 g/mol. The molecule has 1 aliphatic heterocycles. The number of nitrogens with one attached hydrogen (secondary N) is 3. The van der Waals surface area contributed by atoms with E-state index < -0.39 is 25.5 Å². The third-order valence-corrected chi connectivity index (χ3v) is 11.6. The van der Waals surface area contributed by atoms with E-state index in [2.05, 4.69) is 40.5 Å². The summed E-state index contributed by atoms with van der Waals surface area (Å²) < 4.78 is 20.0. The Kier molecular flexibility index (Phi) is 5.34. The molecule has 3 heterocycles. The van der Waals surface area contributed by atoms with Crippen molar-refractivity contribution < 1.29 is 18.4 Å². The van der Waals surface area contributed by atoms with E-state index in [-0.39, 0.29) is 34.0 Å². The molecule has 0 radical (unpaired) electrons. The fourth-order valence-corrected chi connectivity index (χ4v) is 8.15. The number of hydrogen-bond donors (Lipinski definition) is 3. The largest absolute Gasteiger partial charge is 0.442 e. The van der Waals surface area contributed by atoms with Gasteiger partial charge in [-0.3, -0.25) is 9.89 Å². The fourth-order valence-electron chi connectivity index (χ4n) is 5.36. The number of nitrogens with zero attached hydrogens (tertiary/aromatic N) is 2. The van der Waals surface area contributed by atoms with Gasteiger partial charge >= 0.3 is 6.03 Å². The van der Waals surface area contributed by atoms with E-state index in [1.54, 1.807) is 11.0 Å². The molecule has 1 aliphatic carbocycles. The molecule has 1 aromatic carbocycles. The van der Waals surface area contributed by atoms with Crippen molar-refractivity contribution in [3.05, 3.63) is 40.5 Å². The second-order valence-corrected chi connectivity index (χ2v) is 16.9. The SMILES string of the molecule is CC1(C)c2[nH]nc(NC(=O)C3([Si](C)(C)C)CCC3)c2CN1C(=O)Nc1c(F)ccc2cc(Cl)oc12. The van der Waals surface area contributed by atoms with Gasteiger partial charge in [0.05, 0.1) is 25.9 Å². The van der Waals surface area contributed by atoms with Crippen molar-refractivity contribution in [2.45, 2.75) is 69.9 Å². The first kappa shape index (κ1) is 23.9. The van der Waals surface area contributed by atoms with Crippen molar-refractivity contribution in [2.24, 2.45) is 0 Å². The number of furan rings is 1. The number of H-pyrrole nitrogens is 1. The molecule has 35 heavy (non-hydrogen) atoms. The molecule has 0 saturated heterocycles. The Balaban J connectivity index is 1.40. The number of anilines is 2. The summed E-state index contributed by atoms with van der Waals surface area (Å²) in [7, 11) is -1.75. The van der Waals surface area contributed by atoms with Gasteiger partial charge < -0.3 is 20.0 Å². The van der Waals surface area contributed by atoms with Crippen molar-refractivity contribution in [1.29, 1.82) is 0 Å². The van der Waals surface area contributed by atoms with Gasteiger partial charge in [0.1, 0.15) is 5.69 Å². The molecule has 1 saturated carbocycles. The Morgan fingerprint density at radius 3 is 2.57 bits per heavy atom. The lowest BCUT2D eigenvalue weighted by Crippen LogP contribution is -2.52. The fraction of sp³-hybridized carbons (Fsp3) is 0.458.